The molecule has 1 rings (SSSR count). The van der Waals surface area contributed by atoms with Gasteiger partial charge in [-0.3, -0.25) is 9.59 Å². The van der Waals surface area contributed by atoms with Crippen LogP contribution in [0.15, 0.2) is 0 Å². The summed E-state index contributed by atoms with van der Waals surface area (Å²) in [5.74, 6) is 0.428. The van der Waals surface area contributed by atoms with E-state index in [1.807, 2.05) is 0 Å². The molecule has 0 spiro atoms. The highest BCUT2D eigenvalue weighted by Gasteiger charge is 2.20. The summed E-state index contributed by atoms with van der Waals surface area (Å²) in [4.78, 5) is 21.5. The smallest absolute Gasteiger partial charge is 0.227 e. The SMILES string of the molecule is CC(=O)CC(=O)NCCOCC1CC1. The third-order valence-electron chi connectivity index (χ3n) is 2.03. The van der Waals surface area contributed by atoms with Crippen LogP contribution < -0.4 is 5.32 Å². The molecule has 0 unspecified atom stereocenters. The van der Waals surface area contributed by atoms with E-state index >= 15 is 0 Å². The van der Waals surface area contributed by atoms with E-state index in [1.165, 1.54) is 19.8 Å². The van der Waals surface area contributed by atoms with Crippen molar-refractivity contribution >= 4 is 11.7 Å². The molecule has 0 bridgehead atoms. The number of ether oxygens (including phenoxy) is 1. The van der Waals surface area contributed by atoms with Crippen LogP contribution in [0.4, 0.5) is 0 Å². The number of nitrogens with one attached hydrogen (secondary N) is 1. The second kappa shape index (κ2) is 5.75. The number of rotatable bonds is 7. The molecule has 0 aliphatic heterocycles. The van der Waals surface area contributed by atoms with Crippen molar-refractivity contribution in [2.45, 2.75) is 26.2 Å². The Balaban J connectivity index is 1.86. The first-order chi connectivity index (χ1) is 6.68. The molecule has 0 atom stereocenters. The first-order valence-electron chi connectivity index (χ1n) is 5.02. The van der Waals surface area contributed by atoms with Crippen molar-refractivity contribution in [1.82, 2.24) is 5.32 Å². The number of ketones is 1. The lowest BCUT2D eigenvalue weighted by atomic mass is 10.3. The van der Waals surface area contributed by atoms with Gasteiger partial charge in [0.25, 0.3) is 0 Å². The van der Waals surface area contributed by atoms with Gasteiger partial charge in [0.05, 0.1) is 13.0 Å². The molecule has 1 amide bonds. The Hall–Kier alpha value is -0.900. The van der Waals surface area contributed by atoms with E-state index < -0.39 is 0 Å². The van der Waals surface area contributed by atoms with Crippen LogP contribution >= 0.6 is 0 Å². The fraction of sp³-hybridized carbons (Fsp3) is 0.800. The average Bonchev–Trinajstić information content (AvgIpc) is 2.86. The number of carbonyl (C=O) groups excluding carboxylic acids is 2. The lowest BCUT2D eigenvalue weighted by Gasteiger charge is -2.04. The van der Waals surface area contributed by atoms with E-state index in [4.69, 9.17) is 4.74 Å². The molecule has 1 aliphatic rings. The molecule has 4 nitrogen and oxygen atoms in total. The monoisotopic (exact) mass is 199 g/mol. The summed E-state index contributed by atoms with van der Waals surface area (Å²) in [7, 11) is 0. The third-order valence-corrected chi connectivity index (χ3v) is 2.03. The maximum absolute atomic E-state index is 11.0. The molecule has 1 aliphatic carbocycles. The predicted molar refractivity (Wildman–Crippen MR) is 51.9 cm³/mol. The molecule has 0 heterocycles. The molecule has 80 valence electrons. The average molecular weight is 199 g/mol. The molecule has 0 radical (unpaired) electrons. The van der Waals surface area contributed by atoms with Gasteiger partial charge in [0.1, 0.15) is 5.78 Å². The van der Waals surface area contributed by atoms with Crippen molar-refractivity contribution < 1.29 is 14.3 Å². The first-order valence-corrected chi connectivity index (χ1v) is 5.02. The zero-order valence-electron chi connectivity index (χ0n) is 8.54. The van der Waals surface area contributed by atoms with E-state index in [1.54, 1.807) is 0 Å². The lowest BCUT2D eigenvalue weighted by Crippen LogP contribution is -2.28. The Bertz CT molecular complexity index is 211. The van der Waals surface area contributed by atoms with Gasteiger partial charge < -0.3 is 10.1 Å². The Labute approximate surface area is 84.0 Å². The van der Waals surface area contributed by atoms with Gasteiger partial charge in [-0.2, -0.15) is 0 Å². The van der Waals surface area contributed by atoms with Crippen molar-refractivity contribution in [3.05, 3.63) is 0 Å². The Morgan fingerprint density at radius 1 is 1.43 bits per heavy atom. The Morgan fingerprint density at radius 2 is 2.14 bits per heavy atom. The van der Waals surface area contributed by atoms with Gasteiger partial charge in [0.2, 0.25) is 5.91 Å². The fourth-order valence-electron chi connectivity index (χ4n) is 1.09. The number of amides is 1. The standard InChI is InChI=1S/C10H17NO3/c1-8(12)6-10(13)11-4-5-14-7-9-2-3-9/h9H,2-7H2,1H3,(H,11,13). The van der Waals surface area contributed by atoms with Crippen LogP contribution in [0.25, 0.3) is 0 Å². The molecule has 0 aromatic rings. The number of hydrogen-bond donors (Lipinski definition) is 1. The van der Waals surface area contributed by atoms with Gasteiger partial charge in [-0.05, 0) is 25.7 Å². The van der Waals surface area contributed by atoms with Crippen molar-refractivity contribution in [2.24, 2.45) is 5.92 Å². The topological polar surface area (TPSA) is 55.4 Å². The van der Waals surface area contributed by atoms with Crippen LogP contribution in [0.3, 0.4) is 0 Å². The molecule has 14 heavy (non-hydrogen) atoms. The summed E-state index contributed by atoms with van der Waals surface area (Å²) >= 11 is 0. The Kier molecular flexibility index (Phi) is 4.59. The van der Waals surface area contributed by atoms with Gasteiger partial charge in [0, 0.05) is 13.2 Å². The molecule has 4 heteroatoms. The van der Waals surface area contributed by atoms with Gasteiger partial charge >= 0.3 is 0 Å². The normalized spacial score (nSPS) is 15.2. The summed E-state index contributed by atoms with van der Waals surface area (Å²) in [5, 5.41) is 2.62. The van der Waals surface area contributed by atoms with E-state index in [2.05, 4.69) is 5.32 Å². The van der Waals surface area contributed by atoms with E-state index in [-0.39, 0.29) is 18.1 Å². The zero-order valence-corrected chi connectivity index (χ0v) is 8.54. The van der Waals surface area contributed by atoms with Crippen LogP contribution in [0.2, 0.25) is 0 Å². The van der Waals surface area contributed by atoms with Gasteiger partial charge in [0.15, 0.2) is 0 Å². The van der Waals surface area contributed by atoms with Crippen LogP contribution in [0.1, 0.15) is 26.2 Å². The van der Waals surface area contributed by atoms with Gasteiger partial charge in [-0.1, -0.05) is 0 Å². The van der Waals surface area contributed by atoms with E-state index in [0.29, 0.717) is 13.2 Å². The van der Waals surface area contributed by atoms with E-state index in [0.717, 1.165) is 12.5 Å². The highest BCUT2D eigenvalue weighted by atomic mass is 16.5. The maximum atomic E-state index is 11.0. The minimum absolute atomic E-state index is 0.0252. The van der Waals surface area contributed by atoms with Crippen LogP contribution in [-0.2, 0) is 14.3 Å². The number of Topliss-reactive ketones (excluding diaryl/α,β-unsaturated/α-hetero) is 1. The number of carbonyl (C=O) groups is 2. The van der Waals surface area contributed by atoms with Crippen molar-refractivity contribution in [3.63, 3.8) is 0 Å². The molecule has 0 saturated heterocycles. The molecule has 0 aromatic heterocycles. The Morgan fingerprint density at radius 3 is 2.71 bits per heavy atom. The predicted octanol–water partition coefficient (Wildman–Crippen LogP) is 0.508. The lowest BCUT2D eigenvalue weighted by molar-refractivity contribution is -0.127. The molecular formula is C10H17NO3. The summed E-state index contributed by atoms with van der Waals surface area (Å²) in [6, 6.07) is 0. The molecule has 1 saturated carbocycles. The van der Waals surface area contributed by atoms with E-state index in [9.17, 15) is 9.59 Å². The van der Waals surface area contributed by atoms with Crippen LogP contribution in [-0.4, -0.2) is 31.4 Å². The summed E-state index contributed by atoms with van der Waals surface area (Å²) < 4.78 is 5.31. The highest BCUT2D eigenvalue weighted by molar-refractivity contribution is 5.96. The fourth-order valence-corrected chi connectivity index (χ4v) is 1.09. The second-order valence-corrected chi connectivity index (χ2v) is 3.75. The third kappa shape index (κ3) is 5.70. The molecule has 0 aromatic carbocycles. The van der Waals surface area contributed by atoms with Crippen molar-refractivity contribution in [2.75, 3.05) is 19.8 Å². The zero-order chi connectivity index (χ0) is 10.4. The summed E-state index contributed by atoms with van der Waals surface area (Å²) in [5.41, 5.74) is 0. The quantitative estimate of drug-likeness (QED) is 0.480. The minimum atomic E-state index is -0.215. The highest BCUT2D eigenvalue weighted by Crippen LogP contribution is 2.28. The first kappa shape index (κ1) is 11.2. The number of hydrogen-bond acceptors (Lipinski definition) is 3. The van der Waals surface area contributed by atoms with Crippen molar-refractivity contribution in [1.29, 1.82) is 0 Å². The molecular weight excluding hydrogens is 182 g/mol. The molecule has 1 fully saturated rings. The summed E-state index contributed by atoms with van der Waals surface area (Å²) in [6.07, 6.45) is 2.52. The minimum Gasteiger partial charge on any atom is -0.379 e. The van der Waals surface area contributed by atoms with Crippen LogP contribution in [0, 0.1) is 5.92 Å². The van der Waals surface area contributed by atoms with Gasteiger partial charge in [-0.15, -0.1) is 0 Å². The summed E-state index contributed by atoms with van der Waals surface area (Å²) in [6.45, 7) is 3.25. The van der Waals surface area contributed by atoms with Crippen LogP contribution in [0.5, 0.6) is 0 Å². The largest absolute Gasteiger partial charge is 0.379 e. The maximum Gasteiger partial charge on any atom is 0.227 e. The van der Waals surface area contributed by atoms with Crippen molar-refractivity contribution in [3.8, 4) is 0 Å². The molecule has 1 N–H and O–H groups in total. The van der Waals surface area contributed by atoms with Gasteiger partial charge in [-0.25, -0.2) is 0 Å². The second-order valence-electron chi connectivity index (χ2n) is 3.75.